The van der Waals surface area contributed by atoms with Crippen LogP contribution in [0.4, 0.5) is 5.69 Å². The van der Waals surface area contributed by atoms with Crippen LogP contribution in [0.2, 0.25) is 0 Å². The Kier molecular flexibility index (Phi) is 4.17. The number of benzene rings is 1. The lowest BCUT2D eigenvalue weighted by atomic mass is 9.92. The number of nitrogens with one attached hydrogen (secondary N) is 2. The molecule has 2 aliphatic rings. The molecule has 1 aliphatic heterocycles. The second-order valence-electron chi connectivity index (χ2n) is 7.05. The minimum atomic E-state index is -0.942. The molecule has 24 heavy (non-hydrogen) atoms. The molecule has 3 atom stereocenters. The third-order valence-electron chi connectivity index (χ3n) is 5.08. The van der Waals surface area contributed by atoms with Crippen molar-refractivity contribution in [3.63, 3.8) is 0 Å². The van der Waals surface area contributed by atoms with Gasteiger partial charge in [-0.2, -0.15) is 0 Å². The molecule has 2 N–H and O–H groups in total. The number of hydrogen-bond acceptors (Lipinski definition) is 4. The van der Waals surface area contributed by atoms with Gasteiger partial charge in [0.05, 0.1) is 22.9 Å². The van der Waals surface area contributed by atoms with E-state index in [0.717, 1.165) is 13.0 Å². The first-order chi connectivity index (χ1) is 11.4. The molecule has 0 unspecified atom stereocenters. The van der Waals surface area contributed by atoms with Gasteiger partial charge in [0.1, 0.15) is 0 Å². The van der Waals surface area contributed by atoms with Crippen molar-refractivity contribution in [1.29, 1.82) is 0 Å². The molecule has 0 radical (unpaired) electrons. The van der Waals surface area contributed by atoms with Crippen LogP contribution in [0.5, 0.6) is 0 Å². The quantitative estimate of drug-likeness (QED) is 0.794. The molecule has 1 heterocycles. The number of amides is 2. The summed E-state index contributed by atoms with van der Waals surface area (Å²) in [7, 11) is 3.95. The highest BCUT2D eigenvalue weighted by atomic mass is 16.2. The summed E-state index contributed by atoms with van der Waals surface area (Å²) in [4.78, 5) is 39.9. The van der Waals surface area contributed by atoms with Crippen molar-refractivity contribution in [2.75, 3.05) is 32.5 Å². The van der Waals surface area contributed by atoms with E-state index >= 15 is 0 Å². The third kappa shape index (κ3) is 2.60. The molecule has 1 saturated carbocycles. The van der Waals surface area contributed by atoms with Gasteiger partial charge in [-0.3, -0.25) is 14.4 Å². The predicted octanol–water partition coefficient (Wildman–Crippen LogP) is 1.14. The SMILES string of the molecule is CN(C)CCCNC(=O)[C@@H]1[C@H]2C(=O)Nc3ccccc3C(=O)[C@]12C. The Hall–Kier alpha value is -2.21. The van der Waals surface area contributed by atoms with E-state index in [4.69, 9.17) is 0 Å². The predicted molar refractivity (Wildman–Crippen MR) is 90.7 cm³/mol. The average Bonchev–Trinajstić information content (AvgIpc) is 3.19. The van der Waals surface area contributed by atoms with Crippen molar-refractivity contribution < 1.29 is 14.4 Å². The Bertz CT molecular complexity index is 701. The maximum atomic E-state index is 12.9. The molecule has 6 nitrogen and oxygen atoms in total. The summed E-state index contributed by atoms with van der Waals surface area (Å²) < 4.78 is 0. The maximum Gasteiger partial charge on any atom is 0.229 e. The summed E-state index contributed by atoms with van der Waals surface area (Å²) in [6, 6.07) is 6.97. The zero-order valence-corrected chi connectivity index (χ0v) is 14.3. The molecule has 1 aromatic rings. The number of nitrogens with zero attached hydrogens (tertiary/aromatic N) is 1. The van der Waals surface area contributed by atoms with Crippen LogP contribution in [0, 0.1) is 17.3 Å². The standard InChI is InChI=1S/C18H23N3O3/c1-18-13(16(23)19-9-6-10-21(2)3)14(18)17(24)20-12-8-5-4-7-11(12)15(18)22/h4-5,7-8,13-14H,6,9-10H2,1-3H3,(H,19,23)(H,20,24)/t13-,14-,18+/m0/s1. The first-order valence-electron chi connectivity index (χ1n) is 8.24. The third-order valence-corrected chi connectivity index (χ3v) is 5.08. The van der Waals surface area contributed by atoms with Crippen LogP contribution in [-0.2, 0) is 9.59 Å². The molecule has 1 aromatic carbocycles. The lowest BCUT2D eigenvalue weighted by molar-refractivity contribution is -0.125. The summed E-state index contributed by atoms with van der Waals surface area (Å²) in [6.45, 7) is 3.15. The fraction of sp³-hybridized carbons (Fsp3) is 0.500. The van der Waals surface area contributed by atoms with E-state index in [9.17, 15) is 14.4 Å². The molecule has 0 saturated heterocycles. The Morgan fingerprint density at radius 3 is 2.71 bits per heavy atom. The molecule has 1 fully saturated rings. The summed E-state index contributed by atoms with van der Waals surface area (Å²) >= 11 is 0. The molecule has 1 aliphatic carbocycles. The van der Waals surface area contributed by atoms with Gasteiger partial charge in [-0.1, -0.05) is 19.1 Å². The van der Waals surface area contributed by atoms with Crippen molar-refractivity contribution >= 4 is 23.3 Å². The summed E-state index contributed by atoms with van der Waals surface area (Å²) in [5, 5.41) is 5.66. The normalized spacial score (nSPS) is 27.8. The summed E-state index contributed by atoms with van der Waals surface area (Å²) in [5.74, 6) is -1.76. The largest absolute Gasteiger partial charge is 0.356 e. The van der Waals surface area contributed by atoms with Gasteiger partial charge in [0.2, 0.25) is 11.8 Å². The number of anilines is 1. The Balaban J connectivity index is 1.74. The zero-order valence-electron chi connectivity index (χ0n) is 14.3. The number of fused-ring (bicyclic) bond motifs is 2. The van der Waals surface area contributed by atoms with Crippen molar-refractivity contribution in [3.8, 4) is 0 Å². The van der Waals surface area contributed by atoms with Crippen LogP contribution in [0.3, 0.4) is 0 Å². The van der Waals surface area contributed by atoms with Crippen molar-refractivity contribution in [1.82, 2.24) is 10.2 Å². The number of rotatable bonds is 5. The van der Waals surface area contributed by atoms with E-state index in [-0.39, 0.29) is 17.6 Å². The van der Waals surface area contributed by atoms with Gasteiger partial charge in [0, 0.05) is 12.1 Å². The number of Topliss-reactive ketones (excluding diaryl/α,β-unsaturated/α-hetero) is 1. The first-order valence-corrected chi connectivity index (χ1v) is 8.24. The van der Waals surface area contributed by atoms with Crippen LogP contribution >= 0.6 is 0 Å². The molecule has 2 amide bonds. The van der Waals surface area contributed by atoms with Gasteiger partial charge in [0.15, 0.2) is 5.78 Å². The van der Waals surface area contributed by atoms with E-state index in [1.54, 1.807) is 31.2 Å². The molecule has 128 valence electrons. The van der Waals surface area contributed by atoms with Crippen molar-refractivity contribution in [3.05, 3.63) is 29.8 Å². The number of carbonyl (C=O) groups excluding carboxylic acids is 3. The van der Waals surface area contributed by atoms with E-state index < -0.39 is 17.3 Å². The first kappa shape index (κ1) is 16.6. The van der Waals surface area contributed by atoms with E-state index in [2.05, 4.69) is 10.6 Å². The second-order valence-corrected chi connectivity index (χ2v) is 7.05. The molecule has 0 aromatic heterocycles. The number of carbonyl (C=O) groups is 3. The van der Waals surface area contributed by atoms with Gasteiger partial charge >= 0.3 is 0 Å². The van der Waals surface area contributed by atoms with Gasteiger partial charge < -0.3 is 15.5 Å². The number of ketones is 1. The monoisotopic (exact) mass is 329 g/mol. The Morgan fingerprint density at radius 2 is 2.00 bits per heavy atom. The highest BCUT2D eigenvalue weighted by Gasteiger charge is 2.73. The molecular formula is C18H23N3O3. The minimum absolute atomic E-state index is 0.130. The van der Waals surface area contributed by atoms with Crippen LogP contribution in [-0.4, -0.2) is 49.7 Å². The lowest BCUT2D eigenvalue weighted by Crippen LogP contribution is -2.32. The van der Waals surface area contributed by atoms with Gasteiger partial charge in [-0.05, 0) is 39.2 Å². The van der Waals surface area contributed by atoms with E-state index in [0.29, 0.717) is 17.8 Å². The Labute approximate surface area is 141 Å². The molecule has 6 heteroatoms. The molecular weight excluding hydrogens is 306 g/mol. The fourth-order valence-electron chi connectivity index (χ4n) is 3.65. The average molecular weight is 329 g/mol. The minimum Gasteiger partial charge on any atom is -0.356 e. The van der Waals surface area contributed by atoms with Crippen molar-refractivity contribution in [2.24, 2.45) is 17.3 Å². The number of para-hydroxylation sites is 1. The number of hydrogen-bond donors (Lipinski definition) is 2. The molecule has 0 bridgehead atoms. The van der Waals surface area contributed by atoms with Crippen molar-refractivity contribution in [2.45, 2.75) is 13.3 Å². The Morgan fingerprint density at radius 1 is 1.29 bits per heavy atom. The van der Waals surface area contributed by atoms with E-state index in [1.165, 1.54) is 0 Å². The summed E-state index contributed by atoms with van der Waals surface area (Å²) in [6.07, 6.45) is 0.829. The van der Waals surface area contributed by atoms with Crippen LogP contribution in [0.1, 0.15) is 23.7 Å². The topological polar surface area (TPSA) is 78.5 Å². The summed E-state index contributed by atoms with van der Waals surface area (Å²) in [5.41, 5.74) is 0.0762. The maximum absolute atomic E-state index is 12.9. The smallest absolute Gasteiger partial charge is 0.229 e. The fourth-order valence-corrected chi connectivity index (χ4v) is 3.65. The highest BCUT2D eigenvalue weighted by molar-refractivity contribution is 6.19. The van der Waals surface area contributed by atoms with Gasteiger partial charge in [-0.25, -0.2) is 0 Å². The zero-order chi connectivity index (χ0) is 17.5. The second kappa shape index (κ2) is 6.02. The molecule has 3 rings (SSSR count). The molecule has 0 spiro atoms. The highest BCUT2D eigenvalue weighted by Crippen LogP contribution is 2.62. The van der Waals surface area contributed by atoms with Crippen LogP contribution < -0.4 is 10.6 Å². The van der Waals surface area contributed by atoms with Gasteiger partial charge in [-0.15, -0.1) is 0 Å². The van der Waals surface area contributed by atoms with Gasteiger partial charge in [0.25, 0.3) is 0 Å². The van der Waals surface area contributed by atoms with Crippen LogP contribution in [0.25, 0.3) is 0 Å². The van der Waals surface area contributed by atoms with E-state index in [1.807, 2.05) is 19.0 Å². The lowest BCUT2D eigenvalue weighted by Gasteiger charge is -2.13. The van der Waals surface area contributed by atoms with Crippen LogP contribution in [0.15, 0.2) is 24.3 Å².